The number of aryl methyl sites for hydroxylation is 1. The first-order valence-corrected chi connectivity index (χ1v) is 8.68. The zero-order chi connectivity index (χ0) is 16.8. The summed E-state index contributed by atoms with van der Waals surface area (Å²) in [5, 5.41) is 0. The van der Waals surface area contributed by atoms with E-state index in [2.05, 4.69) is 9.97 Å². The third-order valence-corrected chi connectivity index (χ3v) is 4.61. The van der Waals surface area contributed by atoms with Crippen LogP contribution in [0.15, 0.2) is 36.7 Å². The number of hydrogen-bond acceptors (Lipinski definition) is 3. The van der Waals surface area contributed by atoms with Gasteiger partial charge in [-0.05, 0) is 37.8 Å². The Labute approximate surface area is 155 Å². The van der Waals surface area contributed by atoms with E-state index in [0.717, 1.165) is 55.8 Å². The molecule has 1 heterocycles. The summed E-state index contributed by atoms with van der Waals surface area (Å²) in [7, 11) is 1.91. The van der Waals surface area contributed by atoms with Crippen LogP contribution in [0.1, 0.15) is 30.7 Å². The number of nitrogens with zero attached hydrogens (tertiary/aromatic N) is 2. The van der Waals surface area contributed by atoms with Crippen LogP contribution >= 0.6 is 12.4 Å². The molecule has 1 N–H and O–H groups in total. The van der Waals surface area contributed by atoms with Gasteiger partial charge in [-0.15, -0.1) is 12.4 Å². The van der Waals surface area contributed by atoms with E-state index in [1.807, 2.05) is 42.3 Å². The van der Waals surface area contributed by atoms with Gasteiger partial charge in [0.2, 0.25) is 5.91 Å². The van der Waals surface area contributed by atoms with Crippen molar-refractivity contribution in [2.24, 2.45) is 5.92 Å². The maximum atomic E-state index is 12.6. The molecule has 1 aliphatic carbocycles. The molecule has 0 saturated heterocycles. The number of para-hydroxylation sites is 1. The molecule has 1 amide bonds. The lowest BCUT2D eigenvalue weighted by Crippen LogP contribution is -2.36. The number of halogens is 1. The van der Waals surface area contributed by atoms with Crippen LogP contribution < -0.4 is 4.74 Å². The quantitative estimate of drug-likeness (QED) is 0.768. The fourth-order valence-electron chi connectivity index (χ4n) is 3.19. The van der Waals surface area contributed by atoms with Crippen LogP contribution in [-0.4, -0.2) is 41.0 Å². The summed E-state index contributed by atoms with van der Waals surface area (Å²) in [5.74, 6) is 1.24. The molecule has 0 aliphatic heterocycles. The van der Waals surface area contributed by atoms with E-state index in [4.69, 9.17) is 4.74 Å². The van der Waals surface area contributed by atoms with Crippen molar-refractivity contribution in [1.29, 1.82) is 0 Å². The van der Waals surface area contributed by atoms with Crippen molar-refractivity contribution in [2.75, 3.05) is 20.2 Å². The van der Waals surface area contributed by atoms with Crippen molar-refractivity contribution in [1.82, 2.24) is 14.9 Å². The molecule has 136 valence electrons. The summed E-state index contributed by atoms with van der Waals surface area (Å²) in [5.41, 5.74) is 2.25. The van der Waals surface area contributed by atoms with E-state index in [1.54, 1.807) is 6.33 Å². The van der Waals surface area contributed by atoms with Crippen LogP contribution in [0.25, 0.3) is 0 Å². The van der Waals surface area contributed by atoms with Gasteiger partial charge in [-0.1, -0.05) is 18.2 Å². The van der Waals surface area contributed by atoms with E-state index >= 15 is 0 Å². The topological polar surface area (TPSA) is 58.2 Å². The molecule has 1 unspecified atom stereocenters. The Balaban J connectivity index is 0.00000225. The number of unbranched alkanes of at least 4 members (excludes halogenated alkanes) is 1. The number of amides is 1. The number of aromatic nitrogens is 2. The predicted octanol–water partition coefficient (Wildman–Crippen LogP) is 3.25. The fraction of sp³-hybridized carbons (Fsp3) is 0.474. The van der Waals surface area contributed by atoms with Gasteiger partial charge in [-0.3, -0.25) is 4.79 Å². The van der Waals surface area contributed by atoms with E-state index in [1.165, 1.54) is 0 Å². The zero-order valence-corrected chi connectivity index (χ0v) is 15.4. The Kier molecular flexibility index (Phi) is 7.31. The molecular formula is C19H26ClN3O2. The van der Waals surface area contributed by atoms with Crippen LogP contribution in [0.2, 0.25) is 0 Å². The normalized spacial score (nSPS) is 15.8. The molecule has 1 aromatic carbocycles. The molecule has 25 heavy (non-hydrogen) atoms. The van der Waals surface area contributed by atoms with Crippen molar-refractivity contribution in [2.45, 2.75) is 32.1 Å². The molecule has 0 fully saturated rings. The number of fused-ring (bicyclic) bond motifs is 1. The lowest BCUT2D eigenvalue weighted by molar-refractivity contribution is -0.134. The lowest BCUT2D eigenvalue weighted by Gasteiger charge is -2.26. The van der Waals surface area contributed by atoms with Crippen molar-refractivity contribution >= 4 is 18.3 Å². The van der Waals surface area contributed by atoms with Crippen LogP contribution in [0.5, 0.6) is 5.75 Å². The Hall–Kier alpha value is -2.01. The Morgan fingerprint density at radius 2 is 2.12 bits per heavy atom. The van der Waals surface area contributed by atoms with E-state index in [0.29, 0.717) is 6.61 Å². The van der Waals surface area contributed by atoms with Gasteiger partial charge >= 0.3 is 0 Å². The molecule has 3 rings (SSSR count). The molecule has 1 aromatic heterocycles. The predicted molar refractivity (Wildman–Crippen MR) is 100 cm³/mol. The highest BCUT2D eigenvalue weighted by atomic mass is 35.5. The highest BCUT2D eigenvalue weighted by Crippen LogP contribution is 2.24. The minimum absolute atomic E-state index is 0. The van der Waals surface area contributed by atoms with Gasteiger partial charge in [-0.2, -0.15) is 0 Å². The Bertz CT molecular complexity index is 660. The number of imidazole rings is 1. The minimum Gasteiger partial charge on any atom is -0.494 e. The van der Waals surface area contributed by atoms with Crippen LogP contribution in [0, 0.1) is 5.92 Å². The number of ether oxygens (including phenoxy) is 1. The Morgan fingerprint density at radius 3 is 2.92 bits per heavy atom. The third kappa shape index (κ3) is 5.23. The summed E-state index contributed by atoms with van der Waals surface area (Å²) >= 11 is 0. The fourth-order valence-corrected chi connectivity index (χ4v) is 3.19. The van der Waals surface area contributed by atoms with Crippen LogP contribution in [-0.2, 0) is 17.6 Å². The molecule has 0 bridgehead atoms. The maximum absolute atomic E-state index is 12.6. The smallest absolute Gasteiger partial charge is 0.225 e. The molecule has 1 aliphatic rings. The molecule has 6 heteroatoms. The van der Waals surface area contributed by atoms with Gasteiger partial charge in [0.1, 0.15) is 5.75 Å². The zero-order valence-electron chi connectivity index (χ0n) is 14.6. The van der Waals surface area contributed by atoms with Crippen molar-refractivity contribution in [3.8, 4) is 5.75 Å². The number of H-pyrrole nitrogens is 1. The maximum Gasteiger partial charge on any atom is 0.225 e. The summed E-state index contributed by atoms with van der Waals surface area (Å²) in [4.78, 5) is 21.9. The second kappa shape index (κ2) is 9.47. The molecule has 0 saturated carbocycles. The van der Waals surface area contributed by atoms with Gasteiger partial charge in [0, 0.05) is 31.6 Å². The summed E-state index contributed by atoms with van der Waals surface area (Å²) in [6, 6.07) is 9.84. The van der Waals surface area contributed by atoms with E-state index in [-0.39, 0.29) is 24.2 Å². The average molecular weight is 364 g/mol. The second-order valence-electron chi connectivity index (χ2n) is 6.40. The standard InChI is InChI=1S/C19H25N3O2.ClH/c1-22(11-5-6-12-24-16-7-3-2-4-8-16)19(23)15-9-10-17-18(13-15)21-14-20-17;/h2-4,7-8,14-15H,5-6,9-13H2,1H3,(H,20,21);1H. The van der Waals surface area contributed by atoms with Gasteiger partial charge < -0.3 is 14.6 Å². The first kappa shape index (κ1) is 19.3. The van der Waals surface area contributed by atoms with Crippen LogP contribution in [0.3, 0.4) is 0 Å². The van der Waals surface area contributed by atoms with E-state index < -0.39 is 0 Å². The van der Waals surface area contributed by atoms with Gasteiger partial charge in [0.15, 0.2) is 0 Å². The molecular weight excluding hydrogens is 338 g/mol. The number of rotatable bonds is 7. The monoisotopic (exact) mass is 363 g/mol. The largest absolute Gasteiger partial charge is 0.494 e. The molecule has 0 radical (unpaired) electrons. The number of aromatic amines is 1. The first-order valence-electron chi connectivity index (χ1n) is 8.68. The first-order chi connectivity index (χ1) is 11.7. The Morgan fingerprint density at radius 1 is 1.32 bits per heavy atom. The molecule has 2 aromatic rings. The van der Waals surface area contributed by atoms with Gasteiger partial charge in [0.25, 0.3) is 0 Å². The summed E-state index contributed by atoms with van der Waals surface area (Å²) < 4.78 is 5.68. The second-order valence-corrected chi connectivity index (χ2v) is 6.40. The van der Waals surface area contributed by atoms with E-state index in [9.17, 15) is 4.79 Å². The van der Waals surface area contributed by atoms with Crippen molar-refractivity contribution < 1.29 is 9.53 Å². The van der Waals surface area contributed by atoms with Gasteiger partial charge in [-0.25, -0.2) is 4.98 Å². The number of carbonyl (C=O) groups is 1. The lowest BCUT2D eigenvalue weighted by atomic mass is 9.89. The SMILES string of the molecule is CN(CCCCOc1ccccc1)C(=O)C1CCc2nc[nH]c2C1.Cl. The highest BCUT2D eigenvalue weighted by Gasteiger charge is 2.27. The minimum atomic E-state index is 0. The van der Waals surface area contributed by atoms with Crippen LogP contribution in [0.4, 0.5) is 0 Å². The number of hydrogen-bond donors (Lipinski definition) is 1. The molecule has 5 nitrogen and oxygen atoms in total. The van der Waals surface area contributed by atoms with Gasteiger partial charge in [0.05, 0.1) is 18.6 Å². The number of benzene rings is 1. The summed E-state index contributed by atoms with van der Waals surface area (Å²) in [6.45, 7) is 1.47. The molecule has 1 atom stereocenters. The number of nitrogens with one attached hydrogen (secondary N) is 1. The number of carbonyl (C=O) groups excluding carboxylic acids is 1. The third-order valence-electron chi connectivity index (χ3n) is 4.61. The average Bonchev–Trinajstić information content (AvgIpc) is 3.09. The highest BCUT2D eigenvalue weighted by molar-refractivity contribution is 5.85. The molecule has 0 spiro atoms. The summed E-state index contributed by atoms with van der Waals surface area (Å²) in [6.07, 6.45) is 6.22. The van der Waals surface area contributed by atoms with Crippen molar-refractivity contribution in [3.63, 3.8) is 0 Å². The van der Waals surface area contributed by atoms with Crippen molar-refractivity contribution in [3.05, 3.63) is 48.0 Å².